The zero-order valence-corrected chi connectivity index (χ0v) is 10.0. The van der Waals surface area contributed by atoms with E-state index >= 15 is 0 Å². The minimum atomic E-state index is -4.44. The number of fused-ring (bicyclic) bond motifs is 1. The molecule has 0 bridgehead atoms. The van der Waals surface area contributed by atoms with Crippen LogP contribution in [-0.4, -0.2) is 29.1 Å². The van der Waals surface area contributed by atoms with Crippen molar-refractivity contribution in [3.8, 4) is 0 Å². The molecule has 4 nitrogen and oxygen atoms in total. The second kappa shape index (κ2) is 4.48. The second-order valence-corrected chi connectivity index (χ2v) is 4.82. The maximum atomic E-state index is 12.3. The number of aromatic nitrogens is 2. The first-order chi connectivity index (χ1) is 9.02. The van der Waals surface area contributed by atoms with Gasteiger partial charge < -0.3 is 10.6 Å². The van der Waals surface area contributed by atoms with E-state index in [1.807, 2.05) is 0 Å². The van der Waals surface area contributed by atoms with Gasteiger partial charge in [0.1, 0.15) is 5.82 Å². The van der Waals surface area contributed by atoms with Gasteiger partial charge in [0, 0.05) is 25.0 Å². The predicted octanol–water partition coefficient (Wildman–Crippen LogP) is 1.83. The number of piperidine rings is 1. The van der Waals surface area contributed by atoms with Gasteiger partial charge >= 0.3 is 6.18 Å². The first-order valence-electron chi connectivity index (χ1n) is 6.09. The Labute approximate surface area is 108 Å². The molecule has 102 valence electrons. The lowest BCUT2D eigenvalue weighted by molar-refractivity contribution is -0.141. The van der Waals surface area contributed by atoms with Crippen LogP contribution in [0.2, 0.25) is 0 Å². The van der Waals surface area contributed by atoms with Gasteiger partial charge in [0.05, 0.1) is 12.4 Å². The molecule has 3 rings (SSSR count). The van der Waals surface area contributed by atoms with Gasteiger partial charge in [-0.1, -0.05) is 11.6 Å². The lowest BCUT2D eigenvalue weighted by Gasteiger charge is -2.23. The Bertz CT molecular complexity index is 495. The summed E-state index contributed by atoms with van der Waals surface area (Å²) in [5.74, 6) is 1.00. The van der Waals surface area contributed by atoms with Gasteiger partial charge in [0.2, 0.25) is 0 Å². The first-order valence-corrected chi connectivity index (χ1v) is 6.09. The van der Waals surface area contributed by atoms with E-state index in [4.69, 9.17) is 0 Å². The first kappa shape index (κ1) is 12.4. The van der Waals surface area contributed by atoms with Gasteiger partial charge in [-0.05, 0) is 6.42 Å². The van der Waals surface area contributed by atoms with Gasteiger partial charge in [0.15, 0.2) is 5.69 Å². The fourth-order valence-corrected chi connectivity index (χ4v) is 2.21. The summed E-state index contributed by atoms with van der Waals surface area (Å²) >= 11 is 0. The van der Waals surface area contributed by atoms with E-state index in [0.29, 0.717) is 24.3 Å². The molecule has 0 aromatic carbocycles. The number of alkyl halides is 3. The quantitative estimate of drug-likeness (QED) is 0.823. The molecule has 2 N–H and O–H groups in total. The number of nitrogens with one attached hydrogen (secondary N) is 2. The summed E-state index contributed by atoms with van der Waals surface area (Å²) in [6.07, 6.45) is 0.654. The summed E-state index contributed by atoms with van der Waals surface area (Å²) in [7, 11) is 0. The van der Waals surface area contributed by atoms with Crippen molar-refractivity contribution < 1.29 is 13.2 Å². The maximum Gasteiger partial charge on any atom is 0.434 e. The molecule has 2 aliphatic rings. The van der Waals surface area contributed by atoms with Crippen LogP contribution >= 0.6 is 0 Å². The van der Waals surface area contributed by atoms with Gasteiger partial charge in [-0.15, -0.1) is 0 Å². The number of hydrogen-bond acceptors (Lipinski definition) is 4. The molecule has 19 heavy (non-hydrogen) atoms. The van der Waals surface area contributed by atoms with E-state index < -0.39 is 11.9 Å². The molecular weight excluding hydrogens is 257 g/mol. The van der Waals surface area contributed by atoms with Crippen LogP contribution in [0.4, 0.5) is 19.0 Å². The van der Waals surface area contributed by atoms with Crippen LogP contribution in [0.3, 0.4) is 0 Å². The molecule has 7 heteroatoms. The van der Waals surface area contributed by atoms with Gasteiger partial charge in [0.25, 0.3) is 0 Å². The highest BCUT2D eigenvalue weighted by molar-refractivity contribution is 5.35. The standard InChI is InChI=1S/C12H13F3N4/c13-12(14,15)10-5-19-11(6-17-10)18-4-9-2-7-1-8(7)3-16-9/h1,5-6,8-9,16H,2-4H2,(H,18,19)/t8-,9?/m1/s1. The van der Waals surface area contributed by atoms with Crippen molar-refractivity contribution in [2.45, 2.75) is 18.6 Å². The Hall–Kier alpha value is -1.63. The number of rotatable bonds is 3. The molecular formula is C12H13F3N4. The highest BCUT2D eigenvalue weighted by Crippen LogP contribution is 2.35. The number of anilines is 1. The van der Waals surface area contributed by atoms with Crippen LogP contribution in [0.5, 0.6) is 0 Å². The van der Waals surface area contributed by atoms with Crippen molar-refractivity contribution in [1.29, 1.82) is 0 Å². The largest absolute Gasteiger partial charge is 0.434 e. The van der Waals surface area contributed by atoms with E-state index in [2.05, 4.69) is 26.7 Å². The van der Waals surface area contributed by atoms with Crippen molar-refractivity contribution in [2.75, 3.05) is 18.4 Å². The number of nitrogens with zero attached hydrogens (tertiary/aromatic N) is 2. The molecule has 1 saturated heterocycles. The van der Waals surface area contributed by atoms with Crippen LogP contribution in [0.25, 0.3) is 0 Å². The third-order valence-corrected chi connectivity index (χ3v) is 3.36. The Morgan fingerprint density at radius 3 is 2.79 bits per heavy atom. The molecule has 0 amide bonds. The smallest absolute Gasteiger partial charge is 0.367 e. The zero-order chi connectivity index (χ0) is 13.5. The minimum absolute atomic E-state index is 0.300. The predicted molar refractivity (Wildman–Crippen MR) is 63.5 cm³/mol. The highest BCUT2D eigenvalue weighted by atomic mass is 19.4. The molecule has 1 aromatic rings. The van der Waals surface area contributed by atoms with E-state index in [-0.39, 0.29) is 0 Å². The molecule has 2 heterocycles. The maximum absolute atomic E-state index is 12.3. The van der Waals surface area contributed by atoms with Gasteiger partial charge in [-0.25, -0.2) is 9.97 Å². The van der Waals surface area contributed by atoms with Gasteiger partial charge in [-0.2, -0.15) is 13.2 Å². The number of halogens is 3. The second-order valence-electron chi connectivity index (χ2n) is 4.82. The summed E-state index contributed by atoms with van der Waals surface area (Å²) in [6, 6.07) is 0.300. The topological polar surface area (TPSA) is 49.8 Å². The van der Waals surface area contributed by atoms with Crippen LogP contribution < -0.4 is 10.6 Å². The van der Waals surface area contributed by atoms with Crippen LogP contribution in [0.15, 0.2) is 24.0 Å². The lowest BCUT2D eigenvalue weighted by atomic mass is 10.1. The van der Waals surface area contributed by atoms with E-state index in [1.165, 1.54) is 5.57 Å². The normalized spacial score (nSPS) is 25.5. The van der Waals surface area contributed by atoms with E-state index in [0.717, 1.165) is 25.4 Å². The third-order valence-electron chi connectivity index (χ3n) is 3.36. The van der Waals surface area contributed by atoms with Crippen molar-refractivity contribution in [1.82, 2.24) is 15.3 Å². The minimum Gasteiger partial charge on any atom is -0.367 e. The summed E-state index contributed by atoms with van der Waals surface area (Å²) in [5, 5.41) is 6.38. The molecule has 0 spiro atoms. The summed E-state index contributed by atoms with van der Waals surface area (Å²) < 4.78 is 36.9. The summed E-state index contributed by atoms with van der Waals surface area (Å²) in [6.45, 7) is 1.59. The Morgan fingerprint density at radius 1 is 1.32 bits per heavy atom. The summed E-state index contributed by atoms with van der Waals surface area (Å²) in [4.78, 5) is 7.08. The summed E-state index contributed by atoms with van der Waals surface area (Å²) in [5.41, 5.74) is 0.504. The zero-order valence-electron chi connectivity index (χ0n) is 10.0. The van der Waals surface area contributed by atoms with Crippen molar-refractivity contribution in [3.63, 3.8) is 0 Å². The number of hydrogen-bond donors (Lipinski definition) is 2. The highest BCUT2D eigenvalue weighted by Gasteiger charge is 2.33. The lowest BCUT2D eigenvalue weighted by Crippen LogP contribution is -2.40. The van der Waals surface area contributed by atoms with Crippen LogP contribution in [-0.2, 0) is 6.18 Å². The molecule has 2 atom stereocenters. The van der Waals surface area contributed by atoms with Crippen molar-refractivity contribution >= 4 is 5.82 Å². The monoisotopic (exact) mass is 270 g/mol. The van der Waals surface area contributed by atoms with Crippen molar-refractivity contribution in [3.05, 3.63) is 29.7 Å². The SMILES string of the molecule is FC(F)(F)c1cnc(NCC2CC3=C[C@@H]3CN2)cn1. The molecule has 0 saturated carbocycles. The van der Waals surface area contributed by atoms with Crippen molar-refractivity contribution in [2.24, 2.45) is 5.92 Å². The average Bonchev–Trinajstić information content (AvgIpc) is 3.14. The molecule has 1 unspecified atom stereocenters. The molecule has 1 aliphatic heterocycles. The molecule has 1 aliphatic carbocycles. The Kier molecular flexibility index (Phi) is 2.93. The van der Waals surface area contributed by atoms with Gasteiger partial charge in [-0.3, -0.25) is 0 Å². The van der Waals surface area contributed by atoms with E-state index in [1.54, 1.807) is 0 Å². The average molecular weight is 270 g/mol. The Morgan fingerprint density at radius 2 is 2.16 bits per heavy atom. The van der Waals surface area contributed by atoms with Crippen LogP contribution in [0.1, 0.15) is 12.1 Å². The Balaban J connectivity index is 1.53. The van der Waals surface area contributed by atoms with E-state index in [9.17, 15) is 13.2 Å². The molecule has 1 aromatic heterocycles. The molecule has 1 fully saturated rings. The van der Waals surface area contributed by atoms with Crippen LogP contribution in [0, 0.1) is 5.92 Å². The fourth-order valence-electron chi connectivity index (χ4n) is 2.21. The fraction of sp³-hybridized carbons (Fsp3) is 0.500. The molecule has 0 radical (unpaired) electrons. The third kappa shape index (κ3) is 2.86.